The molecular formula is C11H17N3. The molecule has 1 aromatic rings. The third-order valence-corrected chi connectivity index (χ3v) is 3.98. The zero-order chi connectivity index (χ0) is 9.71. The second-order valence-electron chi connectivity index (χ2n) is 4.94. The van der Waals surface area contributed by atoms with Crippen molar-refractivity contribution in [3.8, 4) is 0 Å². The number of hydrogen-bond acceptors (Lipinski definition) is 2. The molecule has 2 fully saturated rings. The number of fused-ring (bicyclic) bond motifs is 1. The number of aryl methyl sites for hydroxylation is 1. The Balaban J connectivity index is 1.76. The molecule has 3 heteroatoms. The topological polar surface area (TPSA) is 43.8 Å². The highest BCUT2D eigenvalue weighted by molar-refractivity contribution is 5.09. The van der Waals surface area contributed by atoms with E-state index in [-0.39, 0.29) is 6.04 Å². The Labute approximate surface area is 84.3 Å². The molecule has 3 nitrogen and oxygen atoms in total. The molecule has 2 aliphatic rings. The molecule has 0 spiro atoms. The average Bonchev–Trinajstić information content (AvgIpc) is 2.64. The monoisotopic (exact) mass is 191 g/mol. The maximum Gasteiger partial charge on any atom is 0.0946 e. The molecule has 1 heterocycles. The first kappa shape index (κ1) is 8.48. The van der Waals surface area contributed by atoms with Gasteiger partial charge in [-0.05, 0) is 37.0 Å². The number of nitrogens with zero attached hydrogens (tertiary/aromatic N) is 2. The SMILES string of the molecule is Cn1cncc1C(N)C1C[C@@H]2C[C@@H]2C1. The van der Waals surface area contributed by atoms with Gasteiger partial charge in [-0.3, -0.25) is 0 Å². The molecule has 0 radical (unpaired) electrons. The fraction of sp³-hybridized carbons (Fsp3) is 0.727. The molecule has 0 saturated heterocycles. The standard InChI is InChI=1S/C11H17N3/c1-14-6-13-5-10(14)11(12)9-3-7-2-8(7)4-9/h5-9,11H,2-4,12H2,1H3/t7-,8+,9?,11?. The summed E-state index contributed by atoms with van der Waals surface area (Å²) in [5.74, 6) is 2.73. The number of aromatic nitrogens is 2. The number of hydrogen-bond donors (Lipinski definition) is 1. The van der Waals surface area contributed by atoms with Crippen molar-refractivity contribution < 1.29 is 0 Å². The highest BCUT2D eigenvalue weighted by atomic mass is 15.0. The van der Waals surface area contributed by atoms with Gasteiger partial charge < -0.3 is 10.3 Å². The van der Waals surface area contributed by atoms with Crippen LogP contribution < -0.4 is 5.73 Å². The van der Waals surface area contributed by atoms with E-state index in [2.05, 4.69) is 9.55 Å². The van der Waals surface area contributed by atoms with Crippen molar-refractivity contribution in [1.82, 2.24) is 9.55 Å². The molecule has 0 amide bonds. The van der Waals surface area contributed by atoms with Gasteiger partial charge in [-0.15, -0.1) is 0 Å². The molecule has 0 aromatic carbocycles. The molecule has 2 saturated carbocycles. The van der Waals surface area contributed by atoms with Gasteiger partial charge in [-0.1, -0.05) is 0 Å². The van der Waals surface area contributed by atoms with Gasteiger partial charge in [0.05, 0.1) is 12.0 Å². The second-order valence-corrected chi connectivity index (χ2v) is 4.94. The largest absolute Gasteiger partial charge is 0.336 e. The molecule has 2 N–H and O–H groups in total. The van der Waals surface area contributed by atoms with Crippen molar-refractivity contribution in [2.75, 3.05) is 0 Å². The van der Waals surface area contributed by atoms with Gasteiger partial charge in [0.25, 0.3) is 0 Å². The Hall–Kier alpha value is -0.830. The summed E-state index contributed by atoms with van der Waals surface area (Å²) in [5, 5.41) is 0. The highest BCUT2D eigenvalue weighted by Crippen LogP contribution is 2.56. The van der Waals surface area contributed by atoms with Crippen LogP contribution in [-0.4, -0.2) is 9.55 Å². The lowest BCUT2D eigenvalue weighted by Gasteiger charge is -2.20. The molecule has 4 atom stereocenters. The van der Waals surface area contributed by atoms with Crippen LogP contribution in [0.1, 0.15) is 31.0 Å². The van der Waals surface area contributed by atoms with Gasteiger partial charge in [0.15, 0.2) is 0 Å². The Bertz CT molecular complexity index is 334. The minimum atomic E-state index is 0.204. The first-order chi connectivity index (χ1) is 6.75. The van der Waals surface area contributed by atoms with Crippen LogP contribution in [0.3, 0.4) is 0 Å². The fourth-order valence-electron chi connectivity index (χ4n) is 2.98. The van der Waals surface area contributed by atoms with Crippen molar-refractivity contribution in [1.29, 1.82) is 0 Å². The van der Waals surface area contributed by atoms with E-state index in [4.69, 9.17) is 5.73 Å². The Morgan fingerprint density at radius 1 is 1.43 bits per heavy atom. The number of nitrogens with two attached hydrogens (primary N) is 1. The molecular weight excluding hydrogens is 174 g/mol. The Morgan fingerprint density at radius 3 is 2.71 bits per heavy atom. The lowest BCUT2D eigenvalue weighted by atomic mass is 9.93. The summed E-state index contributed by atoms with van der Waals surface area (Å²) in [6.07, 6.45) is 7.90. The van der Waals surface area contributed by atoms with Crippen molar-refractivity contribution in [3.63, 3.8) is 0 Å². The minimum Gasteiger partial charge on any atom is -0.336 e. The van der Waals surface area contributed by atoms with E-state index >= 15 is 0 Å². The van der Waals surface area contributed by atoms with Crippen LogP contribution in [0.25, 0.3) is 0 Å². The summed E-state index contributed by atoms with van der Waals surface area (Å²) in [6.45, 7) is 0. The molecule has 3 rings (SSSR count). The van der Waals surface area contributed by atoms with E-state index < -0.39 is 0 Å². The van der Waals surface area contributed by atoms with E-state index in [1.807, 2.05) is 19.6 Å². The van der Waals surface area contributed by atoms with Crippen LogP contribution in [-0.2, 0) is 7.05 Å². The summed E-state index contributed by atoms with van der Waals surface area (Å²) < 4.78 is 2.05. The zero-order valence-electron chi connectivity index (χ0n) is 8.56. The van der Waals surface area contributed by atoms with Gasteiger partial charge in [-0.25, -0.2) is 4.98 Å². The first-order valence-electron chi connectivity index (χ1n) is 5.47. The molecule has 2 aliphatic carbocycles. The normalized spacial score (nSPS) is 36.9. The third kappa shape index (κ3) is 1.19. The molecule has 0 bridgehead atoms. The molecule has 2 unspecified atom stereocenters. The third-order valence-electron chi connectivity index (χ3n) is 3.98. The number of imidazole rings is 1. The number of rotatable bonds is 2. The van der Waals surface area contributed by atoms with E-state index in [0.717, 1.165) is 11.8 Å². The van der Waals surface area contributed by atoms with Gasteiger partial charge in [0.1, 0.15) is 0 Å². The van der Waals surface area contributed by atoms with Gasteiger partial charge in [0.2, 0.25) is 0 Å². The predicted octanol–water partition coefficient (Wildman–Crippen LogP) is 1.47. The van der Waals surface area contributed by atoms with Crippen LogP contribution >= 0.6 is 0 Å². The summed E-state index contributed by atoms with van der Waals surface area (Å²) in [5.41, 5.74) is 7.46. The van der Waals surface area contributed by atoms with Crippen LogP contribution in [0.4, 0.5) is 0 Å². The van der Waals surface area contributed by atoms with E-state index in [1.165, 1.54) is 25.0 Å². The van der Waals surface area contributed by atoms with Crippen molar-refractivity contribution >= 4 is 0 Å². The predicted molar refractivity (Wildman–Crippen MR) is 54.5 cm³/mol. The van der Waals surface area contributed by atoms with E-state index in [0.29, 0.717) is 5.92 Å². The second kappa shape index (κ2) is 2.83. The van der Waals surface area contributed by atoms with Crippen LogP contribution in [0.5, 0.6) is 0 Å². The quantitative estimate of drug-likeness (QED) is 0.769. The summed E-state index contributed by atoms with van der Waals surface area (Å²) in [7, 11) is 2.03. The Morgan fingerprint density at radius 2 is 2.14 bits per heavy atom. The lowest BCUT2D eigenvalue weighted by Crippen LogP contribution is -2.22. The molecule has 0 aliphatic heterocycles. The van der Waals surface area contributed by atoms with Crippen LogP contribution in [0.15, 0.2) is 12.5 Å². The van der Waals surface area contributed by atoms with Gasteiger partial charge in [-0.2, -0.15) is 0 Å². The minimum absolute atomic E-state index is 0.204. The summed E-state index contributed by atoms with van der Waals surface area (Å²) in [6, 6.07) is 0.204. The summed E-state index contributed by atoms with van der Waals surface area (Å²) >= 11 is 0. The molecule has 14 heavy (non-hydrogen) atoms. The van der Waals surface area contributed by atoms with Crippen LogP contribution in [0, 0.1) is 17.8 Å². The molecule has 1 aromatic heterocycles. The van der Waals surface area contributed by atoms with Crippen molar-refractivity contribution in [2.45, 2.75) is 25.3 Å². The smallest absolute Gasteiger partial charge is 0.0946 e. The van der Waals surface area contributed by atoms with E-state index in [9.17, 15) is 0 Å². The maximum absolute atomic E-state index is 6.27. The van der Waals surface area contributed by atoms with Crippen LogP contribution in [0.2, 0.25) is 0 Å². The van der Waals surface area contributed by atoms with Gasteiger partial charge >= 0.3 is 0 Å². The van der Waals surface area contributed by atoms with Crippen molar-refractivity contribution in [3.05, 3.63) is 18.2 Å². The fourth-order valence-corrected chi connectivity index (χ4v) is 2.98. The summed E-state index contributed by atoms with van der Waals surface area (Å²) in [4.78, 5) is 4.13. The van der Waals surface area contributed by atoms with Crippen molar-refractivity contribution in [2.24, 2.45) is 30.5 Å². The maximum atomic E-state index is 6.27. The van der Waals surface area contributed by atoms with Gasteiger partial charge in [0, 0.05) is 19.3 Å². The first-order valence-corrected chi connectivity index (χ1v) is 5.47. The highest BCUT2D eigenvalue weighted by Gasteiger charge is 2.47. The molecule has 76 valence electrons. The van der Waals surface area contributed by atoms with E-state index in [1.54, 1.807) is 0 Å². The average molecular weight is 191 g/mol. The zero-order valence-corrected chi connectivity index (χ0v) is 8.56. The lowest BCUT2D eigenvalue weighted by molar-refractivity contribution is 0.391. The Kier molecular flexibility index (Phi) is 1.71.